The first-order valence-corrected chi connectivity index (χ1v) is 16.0. The smallest absolute Gasteiger partial charge is 0.303 e. The van der Waals surface area contributed by atoms with Gasteiger partial charge >= 0.3 is 5.97 Å². The fraction of sp³-hybridized carbons (Fsp3) is 0.471. The molecule has 0 bridgehead atoms. The van der Waals surface area contributed by atoms with Crippen molar-refractivity contribution in [3.63, 3.8) is 0 Å². The molecule has 2 aromatic heterocycles. The molecule has 1 aromatic carbocycles. The topological polar surface area (TPSA) is 113 Å². The molecule has 1 fully saturated rings. The largest absolute Gasteiger partial charge is 0.490 e. The summed E-state index contributed by atoms with van der Waals surface area (Å²) < 4.78 is 12.6. The first kappa shape index (κ1) is 33.6. The predicted octanol–water partition coefficient (Wildman–Crippen LogP) is 7.57. The van der Waals surface area contributed by atoms with Gasteiger partial charge in [0, 0.05) is 46.1 Å². The van der Waals surface area contributed by atoms with E-state index in [-0.39, 0.29) is 41.1 Å². The molecule has 5 rings (SSSR count). The van der Waals surface area contributed by atoms with Crippen LogP contribution in [0.4, 0.5) is 0 Å². The van der Waals surface area contributed by atoms with Crippen molar-refractivity contribution in [3.8, 4) is 11.5 Å². The second-order valence-corrected chi connectivity index (χ2v) is 13.5. The zero-order valence-corrected chi connectivity index (χ0v) is 28.2. The number of carbonyl (C=O) groups excluding carboxylic acids is 1. The first-order chi connectivity index (χ1) is 20.6. The number of Topliss-reactive ketones (excluding diaryl/α,β-unsaturated/α-hetero) is 1. The number of nitrogens with zero attached hydrogens (tertiary/aromatic N) is 2. The first-order valence-electron chi connectivity index (χ1n) is 15.2. The lowest BCUT2D eigenvalue weighted by Gasteiger charge is -2.26. The maximum atomic E-state index is 13.8. The Labute approximate surface area is 274 Å². The van der Waals surface area contributed by atoms with Crippen LogP contribution in [0.3, 0.4) is 0 Å². The van der Waals surface area contributed by atoms with Gasteiger partial charge in [0.25, 0.3) is 0 Å². The summed E-state index contributed by atoms with van der Waals surface area (Å²) in [7, 11) is 0. The highest BCUT2D eigenvalue weighted by atomic mass is 79.9. The normalized spacial score (nSPS) is 14.2. The highest BCUT2D eigenvalue weighted by molar-refractivity contribution is 8.93. The number of aliphatic carboxylic acids is 1. The number of carboxylic acid groups (broad SMARTS) is 1. The van der Waals surface area contributed by atoms with Crippen LogP contribution in [0.25, 0.3) is 0 Å². The molecule has 0 atom stereocenters. The molecular weight excluding hydrogens is 642 g/mol. The lowest BCUT2D eigenvalue weighted by molar-refractivity contribution is -0.137. The number of amidine groups is 1. The number of halogens is 1. The number of hydrogen-bond acceptors (Lipinski definition) is 7. The number of nitrogens with one attached hydrogen (secondary N) is 1. The van der Waals surface area contributed by atoms with E-state index in [1.165, 1.54) is 4.88 Å². The average Bonchev–Trinajstić information content (AvgIpc) is 3.60. The minimum Gasteiger partial charge on any atom is -0.490 e. The van der Waals surface area contributed by atoms with Gasteiger partial charge in [0.2, 0.25) is 0 Å². The van der Waals surface area contributed by atoms with Crippen molar-refractivity contribution < 1.29 is 24.2 Å². The third kappa shape index (κ3) is 8.47. The molecule has 236 valence electrons. The van der Waals surface area contributed by atoms with Crippen molar-refractivity contribution in [2.45, 2.75) is 83.6 Å². The fourth-order valence-electron chi connectivity index (χ4n) is 5.29. The van der Waals surface area contributed by atoms with Crippen LogP contribution < -0.4 is 9.47 Å². The Balaban J connectivity index is 0.00000442. The van der Waals surface area contributed by atoms with E-state index in [2.05, 4.69) is 44.4 Å². The monoisotopic (exact) mass is 683 g/mol. The maximum absolute atomic E-state index is 13.8. The lowest BCUT2D eigenvalue weighted by Crippen LogP contribution is -2.30. The van der Waals surface area contributed by atoms with Crippen molar-refractivity contribution in [2.24, 2.45) is 0 Å². The van der Waals surface area contributed by atoms with Gasteiger partial charge in [-0.25, -0.2) is 4.98 Å². The van der Waals surface area contributed by atoms with Crippen LogP contribution in [-0.2, 0) is 23.2 Å². The van der Waals surface area contributed by atoms with E-state index in [0.29, 0.717) is 67.1 Å². The van der Waals surface area contributed by atoms with Gasteiger partial charge in [0.05, 0.1) is 19.8 Å². The second-order valence-electron chi connectivity index (χ2n) is 12.5. The molecule has 44 heavy (non-hydrogen) atoms. The second kappa shape index (κ2) is 14.7. The van der Waals surface area contributed by atoms with Gasteiger partial charge in [-0.1, -0.05) is 32.9 Å². The average molecular weight is 685 g/mol. The number of ketones is 1. The lowest BCUT2D eigenvalue weighted by atomic mass is 9.84. The molecule has 0 spiro atoms. The summed E-state index contributed by atoms with van der Waals surface area (Å²) in [5, 5.41) is 19.8. The van der Waals surface area contributed by atoms with E-state index in [1.807, 2.05) is 12.1 Å². The standard InChI is InChI=1S/C34H41N3O5S.BrH/c1-34(2,3)26-18-24(28(38)21-37-20-23-13-14-27(22-11-12-22)36-31(23)33(37)35)19-29(32(26)42-15-5-4-10-30(39)40)41-16-6-8-25-9-7-17-43-25;/h7,9,13-14,17-19,22,35H,4-6,8,10-12,15-16,20-21H2,1-3H3,(H,39,40);1H. The van der Waals surface area contributed by atoms with Crippen LogP contribution in [0.1, 0.15) is 103 Å². The Morgan fingerprint density at radius 2 is 1.86 bits per heavy atom. The van der Waals surface area contributed by atoms with E-state index < -0.39 is 5.97 Å². The number of fused-ring (bicyclic) bond motifs is 1. The number of benzene rings is 1. The number of pyridine rings is 1. The summed E-state index contributed by atoms with van der Waals surface area (Å²) in [4.78, 5) is 32.6. The molecule has 8 nitrogen and oxygen atoms in total. The van der Waals surface area contributed by atoms with E-state index >= 15 is 0 Å². The molecule has 3 heterocycles. The molecule has 10 heteroatoms. The predicted molar refractivity (Wildman–Crippen MR) is 178 cm³/mol. The number of ether oxygens (including phenoxy) is 2. The van der Waals surface area contributed by atoms with Crippen LogP contribution in [0.2, 0.25) is 0 Å². The Morgan fingerprint density at radius 1 is 1.09 bits per heavy atom. The van der Waals surface area contributed by atoms with E-state index in [0.717, 1.165) is 42.5 Å². The summed E-state index contributed by atoms with van der Waals surface area (Å²) in [5.41, 5.74) is 3.76. The number of aryl methyl sites for hydroxylation is 1. The molecule has 0 amide bonds. The van der Waals surface area contributed by atoms with E-state index in [1.54, 1.807) is 22.3 Å². The third-order valence-electron chi connectivity index (χ3n) is 7.85. The molecule has 1 saturated carbocycles. The minimum atomic E-state index is -0.818. The third-order valence-corrected chi connectivity index (χ3v) is 8.79. The highest BCUT2D eigenvalue weighted by Gasteiger charge is 2.32. The van der Waals surface area contributed by atoms with Crippen molar-refractivity contribution in [1.29, 1.82) is 5.41 Å². The zero-order chi connectivity index (χ0) is 30.6. The number of carbonyl (C=O) groups is 2. The molecule has 1 aliphatic carbocycles. The number of carboxylic acids is 1. The Kier molecular flexibility index (Phi) is 11.2. The molecule has 0 saturated heterocycles. The van der Waals surface area contributed by atoms with Crippen LogP contribution in [0.15, 0.2) is 41.8 Å². The molecule has 1 aliphatic heterocycles. The SMILES string of the molecule is Br.CC(C)(C)c1cc(C(=O)CN2Cc3ccc(C4CC4)nc3C2=N)cc(OCCCc2cccs2)c1OCCCCC(=O)O. The zero-order valence-electron chi connectivity index (χ0n) is 25.7. The Bertz CT molecular complexity index is 1480. The molecule has 0 radical (unpaired) electrons. The molecular formula is C34H42BrN3O5S. The summed E-state index contributed by atoms with van der Waals surface area (Å²) >= 11 is 1.72. The van der Waals surface area contributed by atoms with Crippen LogP contribution in [0, 0.1) is 5.41 Å². The van der Waals surface area contributed by atoms with Crippen molar-refractivity contribution in [2.75, 3.05) is 19.8 Å². The van der Waals surface area contributed by atoms with Gasteiger partial charge in [0.1, 0.15) is 11.5 Å². The van der Waals surface area contributed by atoms with Gasteiger partial charge in [-0.3, -0.25) is 15.0 Å². The minimum absolute atomic E-state index is 0. The van der Waals surface area contributed by atoms with Crippen molar-refractivity contribution in [3.05, 3.63) is 74.7 Å². The summed E-state index contributed by atoms with van der Waals surface area (Å²) in [5.74, 6) is 1.02. The summed E-state index contributed by atoms with van der Waals surface area (Å²) in [6, 6.07) is 11.9. The van der Waals surface area contributed by atoms with Crippen molar-refractivity contribution in [1.82, 2.24) is 9.88 Å². The number of rotatable bonds is 15. The van der Waals surface area contributed by atoms with Gasteiger partial charge in [-0.15, -0.1) is 28.3 Å². The number of aromatic nitrogens is 1. The number of hydrogen-bond donors (Lipinski definition) is 2. The van der Waals surface area contributed by atoms with Gasteiger partial charge in [-0.2, -0.15) is 0 Å². The molecule has 2 aliphatic rings. The fourth-order valence-corrected chi connectivity index (χ4v) is 6.04. The molecule has 2 N–H and O–H groups in total. The van der Waals surface area contributed by atoms with E-state index in [4.69, 9.17) is 25.0 Å². The molecule has 0 unspecified atom stereocenters. The maximum Gasteiger partial charge on any atom is 0.303 e. The van der Waals surface area contributed by atoms with Crippen LogP contribution >= 0.6 is 28.3 Å². The summed E-state index contributed by atoms with van der Waals surface area (Å²) in [6.07, 6.45) is 5.25. The molecule has 3 aromatic rings. The van der Waals surface area contributed by atoms with Crippen LogP contribution in [0.5, 0.6) is 11.5 Å². The number of thiophene rings is 1. The Hall–Kier alpha value is -3.24. The van der Waals surface area contributed by atoms with Crippen molar-refractivity contribution >= 4 is 45.9 Å². The highest BCUT2D eigenvalue weighted by Crippen LogP contribution is 2.41. The quantitative estimate of drug-likeness (QED) is 0.126. The van der Waals surface area contributed by atoms with Gasteiger partial charge in [0.15, 0.2) is 17.3 Å². The van der Waals surface area contributed by atoms with Crippen LogP contribution in [-0.4, -0.2) is 52.3 Å². The Morgan fingerprint density at radius 3 is 2.55 bits per heavy atom. The van der Waals surface area contributed by atoms with Gasteiger partial charge < -0.3 is 19.5 Å². The van der Waals surface area contributed by atoms with E-state index in [9.17, 15) is 9.59 Å². The number of unbranched alkanes of at least 4 members (excludes halogenated alkanes) is 1. The van der Waals surface area contributed by atoms with Gasteiger partial charge in [-0.05, 0) is 73.6 Å². The summed E-state index contributed by atoms with van der Waals surface area (Å²) in [6.45, 7) is 7.61.